The fourth-order valence-corrected chi connectivity index (χ4v) is 11.6. The van der Waals surface area contributed by atoms with Crippen LogP contribution in [-0.2, 0) is 14.2 Å². The van der Waals surface area contributed by atoms with E-state index in [0.29, 0.717) is 48.9 Å². The molecule has 7 nitrogen and oxygen atoms in total. The van der Waals surface area contributed by atoms with E-state index < -0.39 is 0 Å². The lowest BCUT2D eigenvalue weighted by atomic mass is 9.43. The quantitative estimate of drug-likeness (QED) is 0.0786. The highest BCUT2D eigenvalue weighted by atomic mass is 16.5. The average Bonchev–Trinajstić information content (AvgIpc) is 3.43. The first kappa shape index (κ1) is 40.5. The molecule has 4 aliphatic carbocycles. The van der Waals surface area contributed by atoms with Crippen LogP contribution < -0.4 is 22.5 Å². The molecular weight excluding hydrogens is 596 g/mol. The summed E-state index contributed by atoms with van der Waals surface area (Å²) in [4.78, 5) is 0. The van der Waals surface area contributed by atoms with Crippen molar-refractivity contribution in [2.24, 2.45) is 63.5 Å². The number of fused-ring (bicyclic) bond motifs is 5. The van der Waals surface area contributed by atoms with Gasteiger partial charge in [0.25, 0.3) is 0 Å². The predicted octanol–water partition coefficient (Wildman–Crippen LogP) is 7.43. The first-order valence-electron chi connectivity index (χ1n) is 21.0. The number of nitrogens with one attached hydrogen (secondary N) is 1. The van der Waals surface area contributed by atoms with Crippen molar-refractivity contribution in [1.82, 2.24) is 5.32 Å². The summed E-state index contributed by atoms with van der Waals surface area (Å²) in [7, 11) is 0. The van der Waals surface area contributed by atoms with Gasteiger partial charge < -0.3 is 36.7 Å². The van der Waals surface area contributed by atoms with Gasteiger partial charge in [0.2, 0.25) is 0 Å². The van der Waals surface area contributed by atoms with Crippen LogP contribution in [-0.4, -0.2) is 70.9 Å². The molecule has 0 bridgehead atoms. The van der Waals surface area contributed by atoms with Crippen LogP contribution in [0.4, 0.5) is 0 Å². The molecule has 0 aromatic heterocycles. The summed E-state index contributed by atoms with van der Waals surface area (Å²) in [5.74, 6) is 4.12. The molecule has 0 aliphatic heterocycles. The number of hydrogen-bond donors (Lipinski definition) is 4. The van der Waals surface area contributed by atoms with E-state index in [9.17, 15) is 0 Å². The summed E-state index contributed by atoms with van der Waals surface area (Å²) < 4.78 is 20.3. The monoisotopic (exact) mass is 677 g/mol. The topological polar surface area (TPSA) is 118 Å². The molecule has 4 saturated carbocycles. The highest BCUT2D eigenvalue weighted by Crippen LogP contribution is 2.69. The fourth-order valence-electron chi connectivity index (χ4n) is 11.6. The van der Waals surface area contributed by atoms with Gasteiger partial charge in [0.05, 0.1) is 18.3 Å². The average molecular weight is 677 g/mol. The second kappa shape index (κ2) is 20.7. The summed E-state index contributed by atoms with van der Waals surface area (Å²) in [6, 6.07) is 0. The van der Waals surface area contributed by atoms with Crippen molar-refractivity contribution in [3.8, 4) is 0 Å². The Hall–Kier alpha value is -0.280. The zero-order valence-corrected chi connectivity index (χ0v) is 32.0. The second-order valence-electron chi connectivity index (χ2n) is 17.1. The molecule has 0 saturated heterocycles. The lowest BCUT2D eigenvalue weighted by Crippen LogP contribution is -2.64. The van der Waals surface area contributed by atoms with Gasteiger partial charge in [0, 0.05) is 31.7 Å². The van der Waals surface area contributed by atoms with Crippen molar-refractivity contribution in [3.05, 3.63) is 0 Å². The normalized spacial score (nSPS) is 36.8. The third-order valence-corrected chi connectivity index (χ3v) is 14.2. The summed E-state index contributed by atoms with van der Waals surface area (Å²) in [5, 5.41) is 3.77. The number of rotatable bonds is 24. The molecule has 7 heteroatoms. The fraction of sp³-hybridized carbons (Fsp3) is 1.00. The van der Waals surface area contributed by atoms with Crippen molar-refractivity contribution >= 4 is 0 Å². The van der Waals surface area contributed by atoms with E-state index in [1.165, 1.54) is 90.1 Å². The highest BCUT2D eigenvalue weighted by molar-refractivity contribution is 5.14. The van der Waals surface area contributed by atoms with Crippen LogP contribution in [0.15, 0.2) is 0 Å². The first-order chi connectivity index (χ1) is 23.3. The first-order valence-corrected chi connectivity index (χ1v) is 21.0. The molecule has 0 radical (unpaired) electrons. The Kier molecular flexibility index (Phi) is 17.4. The van der Waals surface area contributed by atoms with Gasteiger partial charge in [0.1, 0.15) is 0 Å². The molecule has 4 rings (SSSR count). The van der Waals surface area contributed by atoms with Crippen LogP contribution in [0.25, 0.3) is 0 Å². The molecule has 4 unspecified atom stereocenters. The van der Waals surface area contributed by atoms with E-state index in [0.717, 1.165) is 76.1 Å². The zero-order valence-electron chi connectivity index (χ0n) is 32.0. The van der Waals surface area contributed by atoms with E-state index in [1.807, 2.05) is 0 Å². The van der Waals surface area contributed by atoms with Crippen LogP contribution in [0.1, 0.15) is 143 Å². The molecule has 7 N–H and O–H groups in total. The number of hydrogen-bond acceptors (Lipinski definition) is 7. The number of ether oxygens (including phenoxy) is 3. The van der Waals surface area contributed by atoms with Crippen molar-refractivity contribution in [2.45, 2.75) is 162 Å². The minimum Gasteiger partial charge on any atom is -0.378 e. The largest absolute Gasteiger partial charge is 0.378 e. The molecule has 4 fully saturated rings. The van der Waals surface area contributed by atoms with Gasteiger partial charge in [-0.15, -0.1) is 0 Å². The molecule has 4 aliphatic rings. The third kappa shape index (κ3) is 9.98. The molecule has 11 atom stereocenters. The van der Waals surface area contributed by atoms with Gasteiger partial charge in [-0.3, -0.25) is 0 Å². The maximum atomic E-state index is 6.94. The van der Waals surface area contributed by atoms with Crippen molar-refractivity contribution < 1.29 is 14.2 Å². The maximum absolute atomic E-state index is 6.94. The molecular formula is C41H80N4O3. The van der Waals surface area contributed by atoms with Crippen molar-refractivity contribution in [3.63, 3.8) is 0 Å². The Balaban J connectivity index is 1.43. The van der Waals surface area contributed by atoms with Gasteiger partial charge >= 0.3 is 0 Å². The Bertz CT molecular complexity index is 879. The second-order valence-corrected chi connectivity index (χ2v) is 17.1. The summed E-state index contributed by atoms with van der Waals surface area (Å²) >= 11 is 0. The Morgan fingerprint density at radius 2 is 1.38 bits per heavy atom. The Morgan fingerprint density at radius 3 is 2.10 bits per heavy atom. The van der Waals surface area contributed by atoms with E-state index in [4.69, 9.17) is 31.4 Å². The van der Waals surface area contributed by atoms with Crippen molar-refractivity contribution in [1.29, 1.82) is 0 Å². The smallest absolute Gasteiger partial charge is 0.0658 e. The number of nitrogens with two attached hydrogens (primary N) is 3. The maximum Gasteiger partial charge on any atom is 0.0658 e. The molecule has 0 spiro atoms. The minimum absolute atomic E-state index is 0.146. The predicted molar refractivity (Wildman–Crippen MR) is 201 cm³/mol. The van der Waals surface area contributed by atoms with Gasteiger partial charge in [-0.1, -0.05) is 59.8 Å². The third-order valence-electron chi connectivity index (χ3n) is 14.2. The van der Waals surface area contributed by atoms with Gasteiger partial charge in [-0.2, -0.15) is 0 Å². The Labute approximate surface area is 296 Å². The van der Waals surface area contributed by atoms with Crippen LogP contribution in [0.3, 0.4) is 0 Å². The SMILES string of the molecule is CCCCCCCCNCCC[C@@H](C)C1CC[C@H]2C3C(OCCCN)CC4C[C@H](OCCCN)C[C@H](OCCCN)[C@]4(C)[C@H]3CC[C@]12C. The number of unbranched alkanes of at least 4 members (excludes halogenated alkanes) is 5. The summed E-state index contributed by atoms with van der Waals surface area (Å²) in [5.41, 5.74) is 18.3. The summed E-state index contributed by atoms with van der Waals surface area (Å²) in [6.07, 6.45) is 23.1. The van der Waals surface area contributed by atoms with E-state index in [1.54, 1.807) is 0 Å². The van der Waals surface area contributed by atoms with Gasteiger partial charge in [-0.25, -0.2) is 0 Å². The minimum atomic E-state index is 0.146. The van der Waals surface area contributed by atoms with Crippen LogP contribution in [0, 0.1) is 46.3 Å². The molecule has 0 aromatic carbocycles. The molecule has 0 heterocycles. The molecule has 0 amide bonds. The van der Waals surface area contributed by atoms with E-state index >= 15 is 0 Å². The highest BCUT2D eigenvalue weighted by Gasteiger charge is 2.65. The van der Waals surface area contributed by atoms with Crippen LogP contribution in [0.2, 0.25) is 0 Å². The van der Waals surface area contributed by atoms with Gasteiger partial charge in [-0.05, 0) is 151 Å². The lowest BCUT2D eigenvalue weighted by Gasteiger charge is -2.65. The van der Waals surface area contributed by atoms with E-state index in [-0.39, 0.29) is 17.6 Å². The molecule has 282 valence electrons. The van der Waals surface area contributed by atoms with E-state index in [2.05, 4.69) is 33.0 Å². The van der Waals surface area contributed by atoms with Gasteiger partial charge in [0.15, 0.2) is 0 Å². The molecule has 0 aromatic rings. The summed E-state index contributed by atoms with van der Waals surface area (Å²) in [6.45, 7) is 16.9. The van der Waals surface area contributed by atoms with Crippen LogP contribution >= 0.6 is 0 Å². The van der Waals surface area contributed by atoms with Crippen molar-refractivity contribution in [2.75, 3.05) is 52.5 Å². The van der Waals surface area contributed by atoms with Crippen LogP contribution in [0.5, 0.6) is 0 Å². The standard InChI is InChI=1S/C41H80N4O3/c1-5-6-7-8-9-10-23-45-24-11-15-31(2)34-16-17-35-39-36(18-19-40(34,35)3)41(4)32(29-37(39)47-26-13-21-43)28-33(46-25-12-20-42)30-38(41)48-27-14-22-44/h31-39,45H,5-30,42-44H2,1-4H3/t31-,32?,33+,34?,35+,36+,37?,38+,39?,40-,41+/m1/s1. The Morgan fingerprint density at radius 1 is 0.708 bits per heavy atom. The molecule has 48 heavy (non-hydrogen) atoms. The lowest BCUT2D eigenvalue weighted by molar-refractivity contribution is -0.235. The zero-order chi connectivity index (χ0) is 34.4.